The Bertz CT molecular complexity index is 707. The van der Waals surface area contributed by atoms with Gasteiger partial charge in [0.05, 0.1) is 18.7 Å². The van der Waals surface area contributed by atoms with Gasteiger partial charge in [0.15, 0.2) is 0 Å². The van der Waals surface area contributed by atoms with E-state index in [9.17, 15) is 10.1 Å². The van der Waals surface area contributed by atoms with Crippen LogP contribution in [0.25, 0.3) is 0 Å². The summed E-state index contributed by atoms with van der Waals surface area (Å²) >= 11 is 0. The fourth-order valence-corrected chi connectivity index (χ4v) is 4.39. The number of hydrogen-bond acceptors (Lipinski definition) is 5. The highest BCUT2D eigenvalue weighted by atomic mass is 16.3. The van der Waals surface area contributed by atoms with Gasteiger partial charge in [0.2, 0.25) is 5.91 Å². The van der Waals surface area contributed by atoms with Crippen molar-refractivity contribution >= 4 is 11.7 Å². The summed E-state index contributed by atoms with van der Waals surface area (Å²) in [6.07, 6.45) is 4.62. The molecule has 148 valence electrons. The molecule has 0 spiro atoms. The van der Waals surface area contributed by atoms with Crippen molar-refractivity contribution in [3.05, 3.63) is 16.8 Å². The smallest absolute Gasteiger partial charge is 0.239 e. The molecule has 1 saturated heterocycles. The normalized spacial score (nSPS) is 19.3. The Labute approximate surface area is 161 Å². The summed E-state index contributed by atoms with van der Waals surface area (Å²) in [7, 11) is 0. The Hall–Kier alpha value is -1.88. The molecule has 2 aliphatic rings. The average Bonchev–Trinajstić information content (AvgIpc) is 3.25. The van der Waals surface area contributed by atoms with Gasteiger partial charge >= 0.3 is 0 Å². The summed E-state index contributed by atoms with van der Waals surface area (Å²) in [6.45, 7) is 8.60. The van der Waals surface area contributed by atoms with Crippen molar-refractivity contribution in [2.75, 3.05) is 51.2 Å². The second kappa shape index (κ2) is 8.87. The van der Waals surface area contributed by atoms with Gasteiger partial charge in [0.25, 0.3) is 0 Å². The van der Waals surface area contributed by atoms with E-state index in [0.717, 1.165) is 50.3 Å². The van der Waals surface area contributed by atoms with Gasteiger partial charge < -0.3 is 15.0 Å². The number of hydrogen-bond donors (Lipinski definition) is 2. The van der Waals surface area contributed by atoms with Crippen molar-refractivity contribution in [1.29, 1.82) is 5.26 Å². The zero-order chi connectivity index (χ0) is 19.4. The van der Waals surface area contributed by atoms with E-state index in [2.05, 4.69) is 25.8 Å². The molecule has 2 fully saturated rings. The first-order valence-corrected chi connectivity index (χ1v) is 10.0. The van der Waals surface area contributed by atoms with Crippen molar-refractivity contribution in [3.63, 3.8) is 0 Å². The van der Waals surface area contributed by atoms with E-state index in [4.69, 9.17) is 5.11 Å². The summed E-state index contributed by atoms with van der Waals surface area (Å²) in [5.41, 5.74) is 2.66. The van der Waals surface area contributed by atoms with Crippen LogP contribution in [-0.4, -0.2) is 71.3 Å². The van der Waals surface area contributed by atoms with Gasteiger partial charge in [-0.3, -0.25) is 14.6 Å². The summed E-state index contributed by atoms with van der Waals surface area (Å²) in [5.74, 6) is 0.627. The van der Waals surface area contributed by atoms with Crippen LogP contribution < -0.4 is 5.32 Å². The number of β-amino-alcohol motifs (C(OH)–C–C–N with tert-alkyl or cyclic N) is 1. The molecule has 2 N–H and O–H groups in total. The number of carbonyl (C=O) groups is 1. The number of amides is 1. The van der Waals surface area contributed by atoms with E-state index in [1.54, 1.807) is 0 Å². The third kappa shape index (κ3) is 4.34. The van der Waals surface area contributed by atoms with E-state index in [1.807, 2.05) is 13.8 Å². The van der Waals surface area contributed by atoms with E-state index in [-0.39, 0.29) is 12.5 Å². The fourth-order valence-electron chi connectivity index (χ4n) is 4.39. The summed E-state index contributed by atoms with van der Waals surface area (Å²) < 4.78 is 2.19. The van der Waals surface area contributed by atoms with Crippen molar-refractivity contribution in [2.45, 2.75) is 45.6 Å². The highest BCUT2D eigenvalue weighted by Crippen LogP contribution is 2.37. The van der Waals surface area contributed by atoms with Gasteiger partial charge in [-0.15, -0.1) is 0 Å². The van der Waals surface area contributed by atoms with Gasteiger partial charge in [0, 0.05) is 44.5 Å². The zero-order valence-electron chi connectivity index (χ0n) is 16.5. The molecule has 0 bridgehead atoms. The molecule has 1 aliphatic heterocycles. The van der Waals surface area contributed by atoms with Gasteiger partial charge in [-0.25, -0.2) is 0 Å². The van der Waals surface area contributed by atoms with Crippen molar-refractivity contribution < 1.29 is 9.90 Å². The van der Waals surface area contributed by atoms with Crippen molar-refractivity contribution in [2.24, 2.45) is 0 Å². The lowest BCUT2D eigenvalue weighted by Gasteiger charge is -2.33. The van der Waals surface area contributed by atoms with Crippen LogP contribution in [0.5, 0.6) is 0 Å². The Kier molecular flexibility index (Phi) is 6.53. The molecule has 1 aromatic rings. The number of aliphatic hydroxyl groups is 1. The monoisotopic (exact) mass is 373 g/mol. The highest BCUT2D eigenvalue weighted by molar-refractivity contribution is 5.93. The summed E-state index contributed by atoms with van der Waals surface area (Å²) in [5, 5.41) is 21.7. The molecule has 1 saturated carbocycles. The first-order chi connectivity index (χ1) is 13.0. The van der Waals surface area contributed by atoms with Gasteiger partial charge in [-0.2, -0.15) is 5.26 Å². The molecule has 0 radical (unpaired) electrons. The fraction of sp³-hybridized carbons (Fsp3) is 0.700. The first kappa shape index (κ1) is 19.9. The predicted octanol–water partition coefficient (Wildman–Crippen LogP) is 1.64. The maximum absolute atomic E-state index is 12.7. The van der Waals surface area contributed by atoms with E-state index >= 15 is 0 Å². The lowest BCUT2D eigenvalue weighted by Crippen LogP contribution is -2.49. The Morgan fingerprint density at radius 1 is 1.19 bits per heavy atom. The van der Waals surface area contributed by atoms with Crippen LogP contribution in [0.2, 0.25) is 0 Å². The molecule has 3 rings (SSSR count). The quantitative estimate of drug-likeness (QED) is 0.792. The first-order valence-electron chi connectivity index (χ1n) is 10.0. The second-order valence-electron chi connectivity index (χ2n) is 7.74. The predicted molar refractivity (Wildman–Crippen MR) is 105 cm³/mol. The van der Waals surface area contributed by atoms with Gasteiger partial charge in [-0.05, 0) is 32.3 Å². The molecule has 2 heterocycles. The van der Waals surface area contributed by atoms with E-state index in [0.29, 0.717) is 30.5 Å². The molecular formula is C20H31N5O2. The van der Waals surface area contributed by atoms with E-state index in [1.165, 1.54) is 12.8 Å². The van der Waals surface area contributed by atoms with Crippen LogP contribution in [0.3, 0.4) is 0 Å². The maximum Gasteiger partial charge on any atom is 0.239 e. The molecule has 0 atom stereocenters. The van der Waals surface area contributed by atoms with Crippen molar-refractivity contribution in [3.8, 4) is 6.07 Å². The Balaban J connectivity index is 1.69. The number of rotatable bonds is 6. The molecule has 7 nitrogen and oxygen atoms in total. The molecular weight excluding hydrogens is 342 g/mol. The molecule has 1 aromatic heterocycles. The third-order valence-electron chi connectivity index (χ3n) is 6.06. The minimum atomic E-state index is -0.0566. The summed E-state index contributed by atoms with van der Waals surface area (Å²) in [4.78, 5) is 17.1. The lowest BCUT2D eigenvalue weighted by molar-refractivity contribution is -0.117. The third-order valence-corrected chi connectivity index (χ3v) is 6.06. The number of nitriles is 1. The van der Waals surface area contributed by atoms with Gasteiger partial charge in [-0.1, -0.05) is 12.8 Å². The molecule has 27 heavy (non-hydrogen) atoms. The largest absolute Gasteiger partial charge is 0.395 e. The Morgan fingerprint density at radius 2 is 1.81 bits per heavy atom. The number of anilines is 1. The number of piperazine rings is 1. The second-order valence-corrected chi connectivity index (χ2v) is 7.74. The number of aliphatic hydroxyl groups excluding tert-OH is 1. The van der Waals surface area contributed by atoms with Crippen molar-refractivity contribution in [1.82, 2.24) is 14.4 Å². The number of carbonyl (C=O) groups excluding carboxylic acids is 1. The topological polar surface area (TPSA) is 84.5 Å². The van der Waals surface area contributed by atoms with Crippen LogP contribution in [-0.2, 0) is 4.79 Å². The molecule has 0 aromatic carbocycles. The molecule has 1 amide bonds. The van der Waals surface area contributed by atoms with Crippen LogP contribution >= 0.6 is 0 Å². The highest BCUT2D eigenvalue weighted by Gasteiger charge is 2.27. The van der Waals surface area contributed by atoms with E-state index < -0.39 is 0 Å². The number of nitrogens with one attached hydrogen (secondary N) is 1. The van der Waals surface area contributed by atoms with Crippen LogP contribution in [0.4, 0.5) is 5.82 Å². The Morgan fingerprint density at radius 3 is 2.41 bits per heavy atom. The lowest BCUT2D eigenvalue weighted by atomic mass is 10.2. The maximum atomic E-state index is 12.7. The average molecular weight is 374 g/mol. The molecule has 1 aliphatic carbocycles. The van der Waals surface area contributed by atoms with Crippen LogP contribution in [0, 0.1) is 25.2 Å². The molecule has 0 unspecified atom stereocenters. The minimum Gasteiger partial charge on any atom is -0.395 e. The standard InChI is InChI=1S/C20H31N5O2/c1-15-16(2)25(17-5-3-4-6-17)20(18(15)13-21)22-19(27)14-24-9-7-23(8-10-24)11-12-26/h17,26H,3-12,14H2,1-2H3,(H,22,27). The number of nitrogens with zero attached hydrogens (tertiary/aromatic N) is 4. The zero-order valence-corrected chi connectivity index (χ0v) is 16.5. The van der Waals surface area contributed by atoms with Crippen LogP contribution in [0.1, 0.15) is 48.5 Å². The minimum absolute atomic E-state index is 0.0566. The summed E-state index contributed by atoms with van der Waals surface area (Å²) in [6, 6.07) is 2.68. The molecule has 7 heteroatoms. The van der Waals surface area contributed by atoms with Gasteiger partial charge in [0.1, 0.15) is 11.9 Å². The SMILES string of the molecule is Cc1c(C#N)c(NC(=O)CN2CCN(CCO)CC2)n(C2CCCC2)c1C. The number of aromatic nitrogens is 1. The van der Waals surface area contributed by atoms with Crippen LogP contribution in [0.15, 0.2) is 0 Å².